The van der Waals surface area contributed by atoms with Crippen LogP contribution in [0.15, 0.2) is 67.0 Å². The molecule has 0 aliphatic heterocycles. The lowest BCUT2D eigenvalue weighted by Crippen LogP contribution is -2.23. The summed E-state index contributed by atoms with van der Waals surface area (Å²) in [5.74, 6) is 0.588. The Balaban J connectivity index is 1.22. The molecule has 39 heavy (non-hydrogen) atoms. The number of nitrogens with one attached hydrogen (secondary N) is 1. The monoisotopic (exact) mass is 563 g/mol. The number of hydrogen-bond acceptors (Lipinski definition) is 4. The summed E-state index contributed by atoms with van der Waals surface area (Å²) in [5, 5.41) is 3.87. The topological polar surface area (TPSA) is 72.7 Å². The van der Waals surface area contributed by atoms with Crippen LogP contribution in [0, 0.1) is 5.92 Å². The normalized spacial score (nSPS) is 17.2. The lowest BCUT2D eigenvalue weighted by molar-refractivity contribution is -0.144. The van der Waals surface area contributed by atoms with Crippen molar-refractivity contribution in [3.05, 3.63) is 93.9 Å². The molecule has 202 valence electrons. The number of halogens is 2. The van der Waals surface area contributed by atoms with Crippen LogP contribution in [-0.2, 0) is 16.1 Å². The van der Waals surface area contributed by atoms with E-state index < -0.39 is 0 Å². The van der Waals surface area contributed by atoms with Crippen LogP contribution >= 0.6 is 23.2 Å². The lowest BCUT2D eigenvalue weighted by Gasteiger charge is -2.28. The van der Waals surface area contributed by atoms with Crippen molar-refractivity contribution in [1.29, 1.82) is 0 Å². The number of benzene rings is 2. The van der Waals surface area contributed by atoms with E-state index in [9.17, 15) is 9.59 Å². The first kappa shape index (κ1) is 27.2. The largest absolute Gasteiger partial charge is 0.466 e. The standard InChI is InChI=1S/C31H31Cl2N3O3/c1-2-39-30(37)16-20-6-8-21(9-7-20)22-10-12-23(13-11-22)24-14-15-29-35-28(19-36(29)18-24)31(38)34-17-25-26(32)4-3-5-27(25)33/h3-5,10-15,18-21H,2,6-9,16-17H2,1H3,(H,34,38). The van der Waals surface area contributed by atoms with E-state index in [1.54, 1.807) is 24.4 Å². The van der Waals surface area contributed by atoms with Gasteiger partial charge in [-0.2, -0.15) is 0 Å². The first-order valence-corrected chi connectivity index (χ1v) is 14.1. The predicted molar refractivity (Wildman–Crippen MR) is 154 cm³/mol. The number of aromatic nitrogens is 2. The van der Waals surface area contributed by atoms with Gasteiger partial charge in [0, 0.05) is 41.0 Å². The molecule has 1 aliphatic carbocycles. The second kappa shape index (κ2) is 12.2. The van der Waals surface area contributed by atoms with Gasteiger partial charge in [0.25, 0.3) is 5.91 Å². The molecule has 6 nitrogen and oxygen atoms in total. The molecule has 2 aromatic heterocycles. The highest BCUT2D eigenvalue weighted by molar-refractivity contribution is 6.36. The quantitative estimate of drug-likeness (QED) is 0.226. The Morgan fingerprint density at radius 2 is 1.64 bits per heavy atom. The second-order valence-electron chi connectivity index (χ2n) is 10.0. The number of amides is 1. The number of carbonyl (C=O) groups excluding carboxylic acids is 2. The number of imidazole rings is 1. The lowest BCUT2D eigenvalue weighted by atomic mass is 9.77. The maximum atomic E-state index is 12.8. The van der Waals surface area contributed by atoms with Crippen molar-refractivity contribution in [3.8, 4) is 11.1 Å². The smallest absolute Gasteiger partial charge is 0.306 e. The van der Waals surface area contributed by atoms with Crippen molar-refractivity contribution in [2.24, 2.45) is 5.92 Å². The van der Waals surface area contributed by atoms with E-state index in [-0.39, 0.29) is 18.4 Å². The van der Waals surface area contributed by atoms with Crippen molar-refractivity contribution >= 4 is 40.7 Å². The van der Waals surface area contributed by atoms with Crippen LogP contribution < -0.4 is 5.32 Å². The molecule has 1 saturated carbocycles. The molecule has 0 atom stereocenters. The highest BCUT2D eigenvalue weighted by Crippen LogP contribution is 2.37. The first-order chi connectivity index (χ1) is 18.9. The van der Waals surface area contributed by atoms with Gasteiger partial charge < -0.3 is 14.5 Å². The Kier molecular flexibility index (Phi) is 8.53. The van der Waals surface area contributed by atoms with Gasteiger partial charge in [-0.05, 0) is 85.4 Å². The van der Waals surface area contributed by atoms with Crippen LogP contribution in [0.4, 0.5) is 0 Å². The number of carbonyl (C=O) groups is 2. The van der Waals surface area contributed by atoms with Crippen molar-refractivity contribution in [1.82, 2.24) is 14.7 Å². The summed E-state index contributed by atoms with van der Waals surface area (Å²) in [4.78, 5) is 29.0. The molecule has 1 fully saturated rings. The maximum absolute atomic E-state index is 12.8. The zero-order chi connectivity index (χ0) is 27.4. The number of fused-ring (bicyclic) bond motifs is 1. The molecular formula is C31H31Cl2N3O3. The van der Waals surface area contributed by atoms with Gasteiger partial charge in [0.2, 0.25) is 0 Å². The van der Waals surface area contributed by atoms with E-state index in [2.05, 4.69) is 34.6 Å². The van der Waals surface area contributed by atoms with Gasteiger partial charge in [-0.1, -0.05) is 53.5 Å². The highest BCUT2D eigenvalue weighted by atomic mass is 35.5. The molecule has 0 radical (unpaired) electrons. The fraction of sp³-hybridized carbons (Fsp3) is 0.323. The molecule has 1 N–H and O–H groups in total. The van der Waals surface area contributed by atoms with Crippen LogP contribution in [0.5, 0.6) is 0 Å². The van der Waals surface area contributed by atoms with E-state index in [0.29, 0.717) is 51.8 Å². The Hall–Kier alpha value is -3.35. The number of esters is 1. The predicted octanol–water partition coefficient (Wildman–Crippen LogP) is 7.47. The molecular weight excluding hydrogens is 533 g/mol. The summed E-state index contributed by atoms with van der Waals surface area (Å²) in [5.41, 5.74) is 5.17. The summed E-state index contributed by atoms with van der Waals surface area (Å²) in [6, 6.07) is 17.9. The summed E-state index contributed by atoms with van der Waals surface area (Å²) >= 11 is 12.4. The van der Waals surface area contributed by atoms with E-state index in [4.69, 9.17) is 27.9 Å². The molecule has 5 rings (SSSR count). The Bertz CT molecular complexity index is 1450. The van der Waals surface area contributed by atoms with Gasteiger partial charge in [0.05, 0.1) is 6.61 Å². The van der Waals surface area contributed by atoms with Crippen LogP contribution in [0.25, 0.3) is 16.8 Å². The number of nitrogens with zero attached hydrogens (tertiary/aromatic N) is 2. The zero-order valence-electron chi connectivity index (χ0n) is 21.8. The number of ether oxygens (including phenoxy) is 1. The van der Waals surface area contributed by atoms with Crippen molar-refractivity contribution < 1.29 is 14.3 Å². The summed E-state index contributed by atoms with van der Waals surface area (Å²) in [6.45, 7) is 2.52. The zero-order valence-corrected chi connectivity index (χ0v) is 23.3. The SMILES string of the molecule is CCOC(=O)CC1CCC(c2ccc(-c3ccc4nc(C(=O)NCc5c(Cl)cccc5Cl)cn4c3)cc2)CC1. The van der Waals surface area contributed by atoms with Crippen molar-refractivity contribution in [2.75, 3.05) is 6.61 Å². The highest BCUT2D eigenvalue weighted by Gasteiger charge is 2.24. The Morgan fingerprint density at radius 3 is 2.33 bits per heavy atom. The van der Waals surface area contributed by atoms with Crippen LogP contribution in [0.1, 0.15) is 66.6 Å². The molecule has 4 aromatic rings. The average Bonchev–Trinajstić information content (AvgIpc) is 3.37. The number of rotatable bonds is 8. The van der Waals surface area contributed by atoms with Gasteiger partial charge in [0.15, 0.2) is 0 Å². The molecule has 2 heterocycles. The molecule has 0 bridgehead atoms. The van der Waals surface area contributed by atoms with Crippen molar-refractivity contribution in [3.63, 3.8) is 0 Å². The summed E-state index contributed by atoms with van der Waals surface area (Å²) in [7, 11) is 0. The first-order valence-electron chi connectivity index (χ1n) is 13.4. The fourth-order valence-electron chi connectivity index (χ4n) is 5.34. The second-order valence-corrected chi connectivity index (χ2v) is 10.9. The minimum Gasteiger partial charge on any atom is -0.466 e. The third-order valence-electron chi connectivity index (χ3n) is 7.49. The van der Waals surface area contributed by atoms with E-state index in [1.807, 2.05) is 29.7 Å². The number of hydrogen-bond donors (Lipinski definition) is 1. The average molecular weight is 565 g/mol. The minimum absolute atomic E-state index is 0.0741. The van der Waals surface area contributed by atoms with E-state index in [1.165, 1.54) is 5.56 Å². The minimum atomic E-state index is -0.294. The van der Waals surface area contributed by atoms with Crippen LogP contribution in [0.2, 0.25) is 10.0 Å². The van der Waals surface area contributed by atoms with Crippen LogP contribution in [-0.4, -0.2) is 27.9 Å². The van der Waals surface area contributed by atoms with E-state index >= 15 is 0 Å². The molecule has 0 spiro atoms. The third kappa shape index (κ3) is 6.45. The molecule has 1 amide bonds. The van der Waals surface area contributed by atoms with Crippen LogP contribution in [0.3, 0.4) is 0 Å². The third-order valence-corrected chi connectivity index (χ3v) is 8.20. The summed E-state index contributed by atoms with van der Waals surface area (Å²) < 4.78 is 6.98. The molecule has 2 aromatic carbocycles. The summed E-state index contributed by atoms with van der Waals surface area (Å²) in [6.07, 6.45) is 8.56. The molecule has 0 saturated heterocycles. The fourth-order valence-corrected chi connectivity index (χ4v) is 5.87. The maximum Gasteiger partial charge on any atom is 0.306 e. The van der Waals surface area contributed by atoms with Gasteiger partial charge in [-0.15, -0.1) is 0 Å². The molecule has 0 unspecified atom stereocenters. The Labute approximate surface area is 238 Å². The Morgan fingerprint density at radius 1 is 0.949 bits per heavy atom. The van der Waals surface area contributed by atoms with E-state index in [0.717, 1.165) is 36.8 Å². The number of pyridine rings is 1. The molecule has 8 heteroatoms. The van der Waals surface area contributed by atoms with Gasteiger partial charge in [0.1, 0.15) is 11.3 Å². The van der Waals surface area contributed by atoms with Crippen molar-refractivity contribution in [2.45, 2.75) is 51.5 Å². The van der Waals surface area contributed by atoms with Gasteiger partial charge >= 0.3 is 5.97 Å². The van der Waals surface area contributed by atoms with Gasteiger partial charge in [-0.25, -0.2) is 4.98 Å². The van der Waals surface area contributed by atoms with Gasteiger partial charge in [-0.3, -0.25) is 9.59 Å². The molecule has 1 aliphatic rings.